The van der Waals surface area contributed by atoms with Crippen LogP contribution in [0.3, 0.4) is 0 Å². The number of rotatable bonds is 5. The van der Waals surface area contributed by atoms with Gasteiger partial charge in [0.2, 0.25) is 0 Å². The maximum absolute atomic E-state index is 14.8. The molecule has 8 nitrogen and oxygen atoms in total. The first-order valence-electron chi connectivity index (χ1n) is 9.90. The van der Waals surface area contributed by atoms with E-state index in [2.05, 4.69) is 20.2 Å². The molecule has 0 unspecified atom stereocenters. The molecular formula is C21H20ClF2N5O3. The third-order valence-electron chi connectivity index (χ3n) is 5.06. The molecule has 1 saturated heterocycles. The molecule has 1 amide bonds. The summed E-state index contributed by atoms with van der Waals surface area (Å²) < 4.78 is 34.1. The Morgan fingerprint density at radius 1 is 1.22 bits per heavy atom. The summed E-state index contributed by atoms with van der Waals surface area (Å²) >= 11 is 5.78. The number of carbonyl (C=O) groups excluding carboxylic acids is 1. The number of fused-ring (bicyclic) bond motifs is 1. The molecule has 0 saturated carbocycles. The second-order valence-corrected chi connectivity index (χ2v) is 7.59. The van der Waals surface area contributed by atoms with Crippen molar-refractivity contribution in [3.8, 4) is 0 Å². The van der Waals surface area contributed by atoms with E-state index in [0.29, 0.717) is 36.7 Å². The van der Waals surface area contributed by atoms with E-state index in [9.17, 15) is 18.8 Å². The SMILES string of the molecule is O=C(NCCN1CCOCC1)c1cc2c(cc1F)c(=Nc1ccc(F)c(Cl)c1)ncn2O. The minimum absolute atomic E-state index is 0.0751. The van der Waals surface area contributed by atoms with Gasteiger partial charge in [-0.3, -0.25) is 9.69 Å². The van der Waals surface area contributed by atoms with Gasteiger partial charge in [-0.05, 0) is 30.3 Å². The second kappa shape index (κ2) is 9.60. The quantitative estimate of drug-likeness (QED) is 0.567. The van der Waals surface area contributed by atoms with Gasteiger partial charge in [-0.25, -0.2) is 18.8 Å². The average Bonchev–Trinajstić information content (AvgIpc) is 2.78. The van der Waals surface area contributed by atoms with Gasteiger partial charge in [-0.2, -0.15) is 4.73 Å². The molecule has 1 aromatic heterocycles. The molecule has 0 spiro atoms. The standard InChI is InChI=1S/C21H20ClF2N5O3/c22-16-9-13(1-2-17(16)23)27-20-15-10-18(24)14(11-19(15)29(31)12-26-20)21(30)25-3-4-28-5-7-32-8-6-28/h1-2,9-12,31H,3-8H2,(H,25,30). The Balaban J connectivity index is 1.61. The third kappa shape index (κ3) is 4.87. The van der Waals surface area contributed by atoms with Crippen molar-refractivity contribution >= 4 is 34.1 Å². The molecule has 2 aromatic carbocycles. The van der Waals surface area contributed by atoms with Gasteiger partial charge in [0.15, 0.2) is 5.49 Å². The molecule has 32 heavy (non-hydrogen) atoms. The Morgan fingerprint density at radius 2 is 2.00 bits per heavy atom. The van der Waals surface area contributed by atoms with Crippen molar-refractivity contribution in [1.82, 2.24) is 19.9 Å². The minimum Gasteiger partial charge on any atom is -0.427 e. The van der Waals surface area contributed by atoms with Gasteiger partial charge in [0.25, 0.3) is 5.91 Å². The summed E-state index contributed by atoms with van der Waals surface area (Å²) in [5, 5.41) is 12.9. The van der Waals surface area contributed by atoms with Gasteiger partial charge in [-0.15, -0.1) is 0 Å². The van der Waals surface area contributed by atoms with Crippen LogP contribution in [0.15, 0.2) is 41.7 Å². The van der Waals surface area contributed by atoms with Gasteiger partial charge in [-0.1, -0.05) is 11.6 Å². The number of aromatic nitrogens is 2. The van der Waals surface area contributed by atoms with E-state index in [0.717, 1.165) is 31.5 Å². The van der Waals surface area contributed by atoms with E-state index in [-0.39, 0.29) is 27.0 Å². The normalized spacial score (nSPS) is 15.3. The number of ether oxygens (including phenoxy) is 1. The molecule has 0 bridgehead atoms. The number of nitrogens with zero attached hydrogens (tertiary/aromatic N) is 4. The molecule has 11 heteroatoms. The van der Waals surface area contributed by atoms with Crippen molar-refractivity contribution in [2.24, 2.45) is 4.99 Å². The molecule has 1 aliphatic heterocycles. The number of hydrogen-bond donors (Lipinski definition) is 2. The van der Waals surface area contributed by atoms with Crippen LogP contribution >= 0.6 is 11.6 Å². The van der Waals surface area contributed by atoms with Gasteiger partial charge in [0, 0.05) is 31.6 Å². The fourth-order valence-corrected chi connectivity index (χ4v) is 3.53. The van der Waals surface area contributed by atoms with Crippen molar-refractivity contribution in [2.45, 2.75) is 0 Å². The van der Waals surface area contributed by atoms with Crippen molar-refractivity contribution in [2.75, 3.05) is 39.4 Å². The number of nitrogens with one attached hydrogen (secondary N) is 1. The zero-order valence-corrected chi connectivity index (χ0v) is 17.6. The lowest BCUT2D eigenvalue weighted by atomic mass is 10.1. The van der Waals surface area contributed by atoms with Gasteiger partial charge >= 0.3 is 0 Å². The van der Waals surface area contributed by atoms with Crippen LogP contribution in [-0.4, -0.2) is 65.1 Å². The summed E-state index contributed by atoms with van der Waals surface area (Å²) in [7, 11) is 0. The first-order valence-corrected chi connectivity index (χ1v) is 10.3. The lowest BCUT2D eigenvalue weighted by Crippen LogP contribution is -2.41. The molecule has 2 N–H and O–H groups in total. The number of amides is 1. The predicted molar refractivity (Wildman–Crippen MR) is 113 cm³/mol. The van der Waals surface area contributed by atoms with Crippen LogP contribution in [0.2, 0.25) is 5.02 Å². The Hall–Kier alpha value is -3.08. The Morgan fingerprint density at radius 3 is 2.75 bits per heavy atom. The van der Waals surface area contributed by atoms with Gasteiger partial charge < -0.3 is 15.3 Å². The number of hydrogen-bond acceptors (Lipinski definition) is 6. The maximum atomic E-state index is 14.8. The van der Waals surface area contributed by atoms with Crippen LogP contribution in [-0.2, 0) is 4.74 Å². The second-order valence-electron chi connectivity index (χ2n) is 7.18. The zero-order chi connectivity index (χ0) is 22.7. The molecule has 1 aliphatic rings. The van der Waals surface area contributed by atoms with Crippen LogP contribution in [0, 0.1) is 11.6 Å². The average molecular weight is 464 g/mol. The molecule has 4 rings (SSSR count). The van der Waals surface area contributed by atoms with Gasteiger partial charge in [0.1, 0.15) is 18.0 Å². The summed E-state index contributed by atoms with van der Waals surface area (Å²) in [5.74, 6) is -1.98. The lowest BCUT2D eigenvalue weighted by Gasteiger charge is -2.26. The zero-order valence-electron chi connectivity index (χ0n) is 16.9. The maximum Gasteiger partial charge on any atom is 0.254 e. The van der Waals surface area contributed by atoms with Crippen molar-refractivity contribution < 1.29 is 23.5 Å². The molecule has 0 radical (unpaired) electrons. The Kier molecular flexibility index (Phi) is 6.63. The fraction of sp³-hybridized carbons (Fsp3) is 0.286. The van der Waals surface area contributed by atoms with Crippen molar-refractivity contribution in [1.29, 1.82) is 0 Å². The largest absolute Gasteiger partial charge is 0.427 e. The summed E-state index contributed by atoms with van der Waals surface area (Å²) in [5.41, 5.74) is 0.285. The van der Waals surface area contributed by atoms with E-state index >= 15 is 0 Å². The van der Waals surface area contributed by atoms with Crippen LogP contribution in [0.5, 0.6) is 0 Å². The Bertz CT molecular complexity index is 1230. The Labute approximate surface area is 186 Å². The molecule has 3 aromatic rings. The predicted octanol–water partition coefficient (Wildman–Crippen LogP) is 2.50. The summed E-state index contributed by atoms with van der Waals surface area (Å²) in [6.45, 7) is 3.83. The number of morpholine rings is 1. The summed E-state index contributed by atoms with van der Waals surface area (Å²) in [6.07, 6.45) is 1.07. The summed E-state index contributed by atoms with van der Waals surface area (Å²) in [6, 6.07) is 6.15. The third-order valence-corrected chi connectivity index (χ3v) is 5.35. The van der Waals surface area contributed by atoms with E-state index in [1.165, 1.54) is 18.2 Å². The van der Waals surface area contributed by atoms with Crippen molar-refractivity contribution in [3.05, 3.63) is 64.4 Å². The van der Waals surface area contributed by atoms with Gasteiger partial charge in [0.05, 0.1) is 35.0 Å². The molecule has 1 fully saturated rings. The molecular weight excluding hydrogens is 444 g/mol. The monoisotopic (exact) mass is 463 g/mol. The van der Waals surface area contributed by atoms with Crippen LogP contribution in [0.4, 0.5) is 14.5 Å². The van der Waals surface area contributed by atoms with Crippen LogP contribution < -0.4 is 10.8 Å². The molecule has 0 atom stereocenters. The highest BCUT2D eigenvalue weighted by atomic mass is 35.5. The lowest BCUT2D eigenvalue weighted by molar-refractivity contribution is 0.0383. The van der Waals surface area contributed by atoms with E-state index in [1.54, 1.807) is 0 Å². The first kappa shape index (κ1) is 22.1. The van der Waals surface area contributed by atoms with Crippen LogP contribution in [0.1, 0.15) is 10.4 Å². The summed E-state index contributed by atoms with van der Waals surface area (Å²) in [4.78, 5) is 22.9. The smallest absolute Gasteiger partial charge is 0.254 e. The first-order chi connectivity index (χ1) is 15.4. The highest BCUT2D eigenvalue weighted by molar-refractivity contribution is 6.31. The van der Waals surface area contributed by atoms with E-state index < -0.39 is 17.5 Å². The van der Waals surface area contributed by atoms with Crippen LogP contribution in [0.25, 0.3) is 10.9 Å². The van der Waals surface area contributed by atoms with E-state index in [1.807, 2.05) is 0 Å². The molecule has 0 aliphatic carbocycles. The van der Waals surface area contributed by atoms with E-state index in [4.69, 9.17) is 16.3 Å². The highest BCUT2D eigenvalue weighted by Crippen LogP contribution is 2.22. The minimum atomic E-state index is -0.789. The fourth-order valence-electron chi connectivity index (χ4n) is 3.36. The topological polar surface area (TPSA) is 92.0 Å². The van der Waals surface area contributed by atoms with Crippen molar-refractivity contribution in [3.63, 3.8) is 0 Å². The number of halogens is 3. The molecule has 2 heterocycles. The number of carbonyl (C=O) groups is 1. The number of benzene rings is 2. The highest BCUT2D eigenvalue weighted by Gasteiger charge is 2.17. The molecule has 168 valence electrons.